The normalized spacial score (nSPS) is 12.3. The zero-order chi connectivity index (χ0) is 15.1. The van der Waals surface area contributed by atoms with Crippen molar-refractivity contribution in [1.82, 2.24) is 5.32 Å². The fourth-order valence-electron chi connectivity index (χ4n) is 2.03. The Morgan fingerprint density at radius 1 is 1.40 bits per heavy atom. The fourth-order valence-corrected chi connectivity index (χ4v) is 2.03. The molecule has 0 spiro atoms. The molecular formula is C16H27N3O. The van der Waals surface area contributed by atoms with Crippen LogP contribution in [0.25, 0.3) is 0 Å². The van der Waals surface area contributed by atoms with E-state index < -0.39 is 6.04 Å². The minimum atomic E-state index is -0.427. The summed E-state index contributed by atoms with van der Waals surface area (Å²) in [7, 11) is 0. The van der Waals surface area contributed by atoms with Crippen molar-refractivity contribution in [2.24, 2.45) is 11.7 Å². The highest BCUT2D eigenvalue weighted by Gasteiger charge is 2.16. The number of rotatable bonds is 7. The summed E-state index contributed by atoms with van der Waals surface area (Å²) >= 11 is 0. The first-order valence-electron chi connectivity index (χ1n) is 7.30. The molecule has 0 aliphatic rings. The first kappa shape index (κ1) is 16.5. The second-order valence-corrected chi connectivity index (χ2v) is 5.48. The minimum Gasteiger partial charge on any atom is -0.370 e. The molecule has 1 aromatic rings. The highest BCUT2D eigenvalue weighted by Crippen LogP contribution is 2.14. The lowest BCUT2D eigenvalue weighted by Crippen LogP contribution is -2.46. The zero-order valence-electron chi connectivity index (χ0n) is 13.0. The molecule has 1 amide bonds. The van der Waals surface area contributed by atoms with Gasteiger partial charge in [-0.05, 0) is 37.5 Å². The average Bonchev–Trinajstić information content (AvgIpc) is 2.42. The SMILES string of the molecule is CCN(CCNC(=O)[C@@H](N)C(C)C)c1cccc(C)c1. The third kappa shape index (κ3) is 4.85. The number of nitrogens with one attached hydrogen (secondary N) is 1. The van der Waals surface area contributed by atoms with Gasteiger partial charge in [-0.2, -0.15) is 0 Å². The van der Waals surface area contributed by atoms with Crippen molar-refractivity contribution >= 4 is 11.6 Å². The Kier molecular flexibility index (Phi) is 6.52. The van der Waals surface area contributed by atoms with Crippen LogP contribution in [0.15, 0.2) is 24.3 Å². The number of hydrogen-bond donors (Lipinski definition) is 2. The first-order valence-corrected chi connectivity index (χ1v) is 7.30. The van der Waals surface area contributed by atoms with Crippen molar-refractivity contribution in [2.45, 2.75) is 33.7 Å². The Morgan fingerprint density at radius 2 is 2.10 bits per heavy atom. The molecule has 0 fully saturated rings. The van der Waals surface area contributed by atoms with E-state index in [4.69, 9.17) is 5.73 Å². The van der Waals surface area contributed by atoms with Crippen LogP contribution in [0.4, 0.5) is 5.69 Å². The number of aryl methyl sites for hydroxylation is 1. The lowest BCUT2D eigenvalue weighted by Gasteiger charge is -2.24. The van der Waals surface area contributed by atoms with Crippen LogP contribution in [0.5, 0.6) is 0 Å². The highest BCUT2D eigenvalue weighted by molar-refractivity contribution is 5.81. The first-order chi connectivity index (χ1) is 9.45. The molecule has 0 heterocycles. The molecule has 0 aliphatic carbocycles. The standard InChI is InChI=1S/C16H27N3O/c1-5-19(14-8-6-7-13(4)11-14)10-9-18-16(20)15(17)12(2)3/h6-8,11-12,15H,5,9-10,17H2,1-4H3,(H,18,20)/t15-/m0/s1. The van der Waals surface area contributed by atoms with Crippen LogP contribution < -0.4 is 16.0 Å². The van der Waals surface area contributed by atoms with E-state index in [1.807, 2.05) is 13.8 Å². The summed E-state index contributed by atoms with van der Waals surface area (Å²) in [4.78, 5) is 14.0. The summed E-state index contributed by atoms with van der Waals surface area (Å²) in [5, 5.41) is 2.91. The zero-order valence-corrected chi connectivity index (χ0v) is 13.0. The van der Waals surface area contributed by atoms with Crippen LogP contribution in [0.3, 0.4) is 0 Å². The second kappa shape index (κ2) is 7.90. The predicted octanol–water partition coefficient (Wildman–Crippen LogP) is 1.92. The number of carbonyl (C=O) groups excluding carboxylic acids is 1. The highest BCUT2D eigenvalue weighted by atomic mass is 16.2. The van der Waals surface area contributed by atoms with E-state index in [9.17, 15) is 4.79 Å². The van der Waals surface area contributed by atoms with Gasteiger partial charge in [-0.25, -0.2) is 0 Å². The van der Waals surface area contributed by atoms with Crippen molar-refractivity contribution in [1.29, 1.82) is 0 Å². The maximum Gasteiger partial charge on any atom is 0.237 e. The summed E-state index contributed by atoms with van der Waals surface area (Å²) in [5.41, 5.74) is 8.25. The van der Waals surface area contributed by atoms with Gasteiger partial charge in [0, 0.05) is 25.3 Å². The Balaban J connectivity index is 2.49. The number of benzene rings is 1. The molecule has 1 atom stereocenters. The number of nitrogens with zero attached hydrogens (tertiary/aromatic N) is 1. The monoisotopic (exact) mass is 277 g/mol. The van der Waals surface area contributed by atoms with Crippen molar-refractivity contribution in [2.75, 3.05) is 24.5 Å². The van der Waals surface area contributed by atoms with Gasteiger partial charge in [-0.15, -0.1) is 0 Å². The topological polar surface area (TPSA) is 58.4 Å². The van der Waals surface area contributed by atoms with E-state index in [1.54, 1.807) is 0 Å². The average molecular weight is 277 g/mol. The molecule has 0 saturated heterocycles. The summed E-state index contributed by atoms with van der Waals surface area (Å²) < 4.78 is 0. The quantitative estimate of drug-likeness (QED) is 0.800. The fraction of sp³-hybridized carbons (Fsp3) is 0.562. The van der Waals surface area contributed by atoms with Gasteiger partial charge in [0.05, 0.1) is 6.04 Å². The predicted molar refractivity (Wildman–Crippen MR) is 84.9 cm³/mol. The molecule has 1 aromatic carbocycles. The van der Waals surface area contributed by atoms with Gasteiger partial charge in [0.2, 0.25) is 5.91 Å². The van der Waals surface area contributed by atoms with E-state index in [2.05, 4.69) is 48.3 Å². The number of nitrogens with two attached hydrogens (primary N) is 1. The van der Waals surface area contributed by atoms with Crippen LogP contribution in [0.1, 0.15) is 26.3 Å². The van der Waals surface area contributed by atoms with Gasteiger partial charge in [0.15, 0.2) is 0 Å². The Labute approximate surface area is 122 Å². The van der Waals surface area contributed by atoms with E-state index >= 15 is 0 Å². The number of hydrogen-bond acceptors (Lipinski definition) is 3. The van der Waals surface area contributed by atoms with Crippen molar-refractivity contribution in [3.8, 4) is 0 Å². The second-order valence-electron chi connectivity index (χ2n) is 5.48. The molecule has 0 bridgehead atoms. The minimum absolute atomic E-state index is 0.0692. The van der Waals surface area contributed by atoms with Crippen LogP contribution in [-0.4, -0.2) is 31.6 Å². The van der Waals surface area contributed by atoms with E-state index in [0.29, 0.717) is 6.54 Å². The van der Waals surface area contributed by atoms with Gasteiger partial charge in [0.25, 0.3) is 0 Å². The molecule has 0 radical (unpaired) electrons. The molecule has 4 heteroatoms. The third-order valence-electron chi connectivity index (χ3n) is 3.45. The summed E-state index contributed by atoms with van der Waals surface area (Å²) in [5.74, 6) is 0.0920. The maximum absolute atomic E-state index is 11.8. The third-order valence-corrected chi connectivity index (χ3v) is 3.45. The van der Waals surface area contributed by atoms with Gasteiger partial charge in [-0.1, -0.05) is 26.0 Å². The Bertz CT molecular complexity index is 431. The number of likely N-dealkylation sites (N-methyl/N-ethyl adjacent to an activating group) is 1. The molecule has 0 saturated carbocycles. The molecule has 1 rings (SSSR count). The van der Waals surface area contributed by atoms with Crippen LogP contribution in [0.2, 0.25) is 0 Å². The van der Waals surface area contributed by atoms with Crippen molar-refractivity contribution in [3.63, 3.8) is 0 Å². The van der Waals surface area contributed by atoms with Gasteiger partial charge >= 0.3 is 0 Å². The van der Waals surface area contributed by atoms with E-state index in [-0.39, 0.29) is 11.8 Å². The lowest BCUT2D eigenvalue weighted by molar-refractivity contribution is -0.123. The number of anilines is 1. The molecule has 0 unspecified atom stereocenters. The largest absolute Gasteiger partial charge is 0.370 e. The summed E-state index contributed by atoms with van der Waals surface area (Å²) in [6.07, 6.45) is 0. The maximum atomic E-state index is 11.8. The van der Waals surface area contributed by atoms with Crippen molar-refractivity contribution < 1.29 is 4.79 Å². The Morgan fingerprint density at radius 3 is 2.65 bits per heavy atom. The molecular weight excluding hydrogens is 250 g/mol. The van der Waals surface area contributed by atoms with Gasteiger partial charge in [0.1, 0.15) is 0 Å². The molecule has 3 N–H and O–H groups in total. The van der Waals surface area contributed by atoms with Crippen LogP contribution >= 0.6 is 0 Å². The summed E-state index contributed by atoms with van der Waals surface area (Å²) in [6.45, 7) is 10.4. The smallest absolute Gasteiger partial charge is 0.237 e. The van der Waals surface area contributed by atoms with Crippen LogP contribution in [-0.2, 0) is 4.79 Å². The van der Waals surface area contributed by atoms with E-state index in [0.717, 1.165) is 13.1 Å². The number of carbonyl (C=O) groups is 1. The van der Waals surface area contributed by atoms with Gasteiger partial charge < -0.3 is 16.0 Å². The lowest BCUT2D eigenvalue weighted by atomic mass is 10.1. The van der Waals surface area contributed by atoms with Gasteiger partial charge in [-0.3, -0.25) is 4.79 Å². The summed E-state index contributed by atoms with van der Waals surface area (Å²) in [6, 6.07) is 7.97. The molecule has 20 heavy (non-hydrogen) atoms. The molecule has 0 aliphatic heterocycles. The molecule has 112 valence electrons. The molecule has 4 nitrogen and oxygen atoms in total. The molecule has 0 aromatic heterocycles. The van der Waals surface area contributed by atoms with Crippen molar-refractivity contribution in [3.05, 3.63) is 29.8 Å². The van der Waals surface area contributed by atoms with Crippen LogP contribution in [0, 0.1) is 12.8 Å². The van der Waals surface area contributed by atoms with E-state index in [1.165, 1.54) is 11.3 Å². The number of amides is 1. The Hall–Kier alpha value is -1.55.